The van der Waals surface area contributed by atoms with E-state index in [0.717, 1.165) is 0 Å². The van der Waals surface area contributed by atoms with Crippen LogP contribution in [-0.2, 0) is 9.59 Å². The van der Waals surface area contributed by atoms with Gasteiger partial charge in [-0.05, 0) is 35.9 Å². The van der Waals surface area contributed by atoms with E-state index in [0.29, 0.717) is 11.3 Å². The van der Waals surface area contributed by atoms with Crippen LogP contribution in [0.1, 0.15) is 15.9 Å². The van der Waals surface area contributed by atoms with Gasteiger partial charge in [0.15, 0.2) is 5.78 Å². The first-order chi connectivity index (χ1) is 11.4. The molecule has 2 aromatic rings. The molecule has 122 valence electrons. The second-order valence-corrected chi connectivity index (χ2v) is 5.18. The van der Waals surface area contributed by atoms with Crippen molar-refractivity contribution in [3.63, 3.8) is 0 Å². The number of hydrogen-bond acceptors (Lipinski definition) is 4. The molecule has 5 nitrogen and oxygen atoms in total. The van der Waals surface area contributed by atoms with Crippen molar-refractivity contribution in [1.29, 1.82) is 0 Å². The summed E-state index contributed by atoms with van der Waals surface area (Å²) in [5.41, 5.74) is 0.0788. The van der Waals surface area contributed by atoms with Crippen LogP contribution >= 0.6 is 11.6 Å². The number of carboxylic acid groups (broad SMARTS) is 1. The van der Waals surface area contributed by atoms with Crippen LogP contribution in [0.15, 0.2) is 54.1 Å². The Labute approximate surface area is 143 Å². The van der Waals surface area contributed by atoms with Gasteiger partial charge in [-0.1, -0.05) is 35.9 Å². The molecule has 2 rings (SSSR count). The van der Waals surface area contributed by atoms with E-state index in [1.54, 1.807) is 36.4 Å². The maximum Gasteiger partial charge on any atom is 0.377 e. The number of hydrogen-bond donors (Lipinski definition) is 1. The van der Waals surface area contributed by atoms with Gasteiger partial charge < -0.3 is 9.84 Å². The molecule has 0 amide bonds. The van der Waals surface area contributed by atoms with E-state index in [-0.39, 0.29) is 10.6 Å². The van der Waals surface area contributed by atoms with E-state index in [1.807, 2.05) is 0 Å². The maximum atomic E-state index is 12.6. The number of Topliss-reactive ketones (excluding diaryl/α,β-unsaturated/α-hetero) is 2. The first-order valence-corrected chi connectivity index (χ1v) is 7.24. The summed E-state index contributed by atoms with van der Waals surface area (Å²) in [5.74, 6) is -3.16. The van der Waals surface area contributed by atoms with Gasteiger partial charge in [0.2, 0.25) is 0 Å². The summed E-state index contributed by atoms with van der Waals surface area (Å²) >= 11 is 5.97. The predicted molar refractivity (Wildman–Crippen MR) is 89.4 cm³/mol. The molecule has 0 saturated carbocycles. The van der Waals surface area contributed by atoms with Gasteiger partial charge in [0.25, 0.3) is 5.78 Å². The molecule has 0 heterocycles. The van der Waals surface area contributed by atoms with E-state index < -0.39 is 23.1 Å². The van der Waals surface area contributed by atoms with Gasteiger partial charge in [-0.3, -0.25) is 9.59 Å². The molecular weight excluding hydrogens is 332 g/mol. The molecule has 0 fully saturated rings. The SMILES string of the molecule is COc1ccc(C=C(C(=O)C(=O)O)C(=O)c2ccccc2Cl)cc1. The third-order valence-corrected chi connectivity index (χ3v) is 3.56. The molecule has 0 aliphatic rings. The van der Waals surface area contributed by atoms with Crippen molar-refractivity contribution in [2.45, 2.75) is 0 Å². The number of aliphatic carboxylic acids is 1. The van der Waals surface area contributed by atoms with E-state index in [9.17, 15) is 14.4 Å². The van der Waals surface area contributed by atoms with Gasteiger partial charge in [-0.2, -0.15) is 0 Å². The zero-order valence-corrected chi connectivity index (χ0v) is 13.4. The third-order valence-electron chi connectivity index (χ3n) is 3.23. The fourth-order valence-electron chi connectivity index (χ4n) is 2.01. The van der Waals surface area contributed by atoms with Crippen LogP contribution in [0.5, 0.6) is 5.75 Å². The summed E-state index contributed by atoms with van der Waals surface area (Å²) in [5, 5.41) is 9.12. The number of benzene rings is 2. The number of ether oxygens (including phenoxy) is 1. The Kier molecular flexibility index (Phi) is 5.50. The Bertz CT molecular complexity index is 822. The molecule has 24 heavy (non-hydrogen) atoms. The number of halogens is 1. The van der Waals surface area contributed by atoms with Crippen LogP contribution in [0, 0.1) is 0 Å². The number of ketones is 2. The summed E-state index contributed by atoms with van der Waals surface area (Å²) in [7, 11) is 1.51. The van der Waals surface area contributed by atoms with Crippen molar-refractivity contribution >= 4 is 35.2 Å². The normalized spacial score (nSPS) is 11.0. The molecule has 2 aromatic carbocycles. The van der Waals surface area contributed by atoms with Crippen LogP contribution < -0.4 is 4.74 Å². The molecule has 0 aliphatic heterocycles. The lowest BCUT2D eigenvalue weighted by molar-refractivity contribution is -0.147. The standard InChI is InChI=1S/C18H13ClO5/c1-24-12-8-6-11(7-9-12)10-14(17(21)18(22)23)16(20)13-4-2-3-5-15(13)19/h2-10H,1H3,(H,22,23). The highest BCUT2D eigenvalue weighted by Gasteiger charge is 2.26. The minimum absolute atomic E-state index is 0.0635. The van der Waals surface area contributed by atoms with Gasteiger partial charge in [0.1, 0.15) is 5.75 Å². The number of methoxy groups -OCH3 is 1. The Hall–Kier alpha value is -2.92. The second kappa shape index (κ2) is 7.57. The summed E-state index contributed by atoms with van der Waals surface area (Å²) in [6.45, 7) is 0. The lowest BCUT2D eigenvalue weighted by Gasteiger charge is -2.06. The van der Waals surface area contributed by atoms with Gasteiger partial charge >= 0.3 is 5.97 Å². The van der Waals surface area contributed by atoms with Crippen molar-refractivity contribution < 1.29 is 24.2 Å². The average Bonchev–Trinajstić information content (AvgIpc) is 2.59. The molecule has 0 saturated heterocycles. The fraction of sp³-hybridized carbons (Fsp3) is 0.0556. The van der Waals surface area contributed by atoms with E-state index in [4.69, 9.17) is 21.4 Å². The van der Waals surface area contributed by atoms with Crippen LogP contribution in [-0.4, -0.2) is 29.8 Å². The van der Waals surface area contributed by atoms with Gasteiger partial charge in [-0.25, -0.2) is 4.79 Å². The predicted octanol–water partition coefficient (Wildman–Crippen LogP) is 3.27. The highest BCUT2D eigenvalue weighted by molar-refractivity contribution is 6.50. The minimum atomic E-state index is -1.71. The molecule has 0 atom stereocenters. The molecule has 0 unspecified atom stereocenters. The van der Waals surface area contributed by atoms with E-state index in [1.165, 1.54) is 25.3 Å². The second-order valence-electron chi connectivity index (χ2n) is 4.77. The van der Waals surface area contributed by atoms with Gasteiger partial charge in [-0.15, -0.1) is 0 Å². The summed E-state index contributed by atoms with van der Waals surface area (Å²) in [4.78, 5) is 35.6. The zero-order valence-electron chi connectivity index (χ0n) is 12.7. The largest absolute Gasteiger partial charge is 0.497 e. The number of carbonyl (C=O) groups excluding carboxylic acids is 2. The Morgan fingerprint density at radius 1 is 1.04 bits per heavy atom. The lowest BCUT2D eigenvalue weighted by Crippen LogP contribution is -2.21. The molecule has 1 N–H and O–H groups in total. The molecule has 6 heteroatoms. The average molecular weight is 345 g/mol. The van der Waals surface area contributed by atoms with Gasteiger partial charge in [0.05, 0.1) is 17.7 Å². The number of carbonyl (C=O) groups is 3. The van der Waals surface area contributed by atoms with Crippen LogP contribution in [0.2, 0.25) is 5.02 Å². The molecule has 0 bridgehead atoms. The molecular formula is C18H13ClO5. The van der Waals surface area contributed by atoms with Crippen molar-refractivity contribution in [1.82, 2.24) is 0 Å². The number of rotatable bonds is 6. The van der Waals surface area contributed by atoms with Crippen molar-refractivity contribution in [2.24, 2.45) is 0 Å². The fourth-order valence-corrected chi connectivity index (χ4v) is 2.23. The monoisotopic (exact) mass is 344 g/mol. The highest BCUT2D eigenvalue weighted by atomic mass is 35.5. The van der Waals surface area contributed by atoms with Crippen molar-refractivity contribution in [2.75, 3.05) is 7.11 Å². The maximum absolute atomic E-state index is 12.6. The Balaban J connectivity index is 2.50. The van der Waals surface area contributed by atoms with Crippen molar-refractivity contribution in [3.05, 3.63) is 70.3 Å². The van der Waals surface area contributed by atoms with E-state index in [2.05, 4.69) is 0 Å². The molecule has 0 spiro atoms. The Morgan fingerprint density at radius 3 is 2.21 bits per heavy atom. The van der Waals surface area contributed by atoms with Crippen LogP contribution in [0.25, 0.3) is 6.08 Å². The van der Waals surface area contributed by atoms with Crippen molar-refractivity contribution in [3.8, 4) is 5.75 Å². The summed E-state index contributed by atoms with van der Waals surface area (Å²) in [6.07, 6.45) is 1.22. The summed E-state index contributed by atoms with van der Waals surface area (Å²) < 4.78 is 5.03. The Morgan fingerprint density at radius 2 is 1.67 bits per heavy atom. The summed E-state index contributed by atoms with van der Waals surface area (Å²) in [6, 6.07) is 12.6. The first-order valence-electron chi connectivity index (χ1n) is 6.86. The van der Waals surface area contributed by atoms with Crippen LogP contribution in [0.3, 0.4) is 0 Å². The molecule has 0 radical (unpaired) electrons. The topological polar surface area (TPSA) is 80.7 Å². The van der Waals surface area contributed by atoms with Crippen LogP contribution in [0.4, 0.5) is 0 Å². The lowest BCUT2D eigenvalue weighted by atomic mass is 9.97. The zero-order chi connectivity index (χ0) is 17.7. The highest BCUT2D eigenvalue weighted by Crippen LogP contribution is 2.21. The molecule has 0 aliphatic carbocycles. The van der Waals surface area contributed by atoms with Gasteiger partial charge in [0, 0.05) is 5.56 Å². The van der Waals surface area contributed by atoms with E-state index >= 15 is 0 Å². The first kappa shape index (κ1) is 17.4. The quantitative estimate of drug-likeness (QED) is 0.286. The molecule has 0 aromatic heterocycles. The number of carboxylic acids is 1. The third kappa shape index (κ3) is 3.88. The smallest absolute Gasteiger partial charge is 0.377 e. The minimum Gasteiger partial charge on any atom is -0.497 e.